The van der Waals surface area contributed by atoms with E-state index in [2.05, 4.69) is 5.32 Å². The molecule has 1 aromatic rings. The molecule has 96 valence electrons. The SMILES string of the molecule is CSC(C)CNc1ccc(C(F)(F)F)cc1N. The Kier molecular flexibility index (Phi) is 4.56. The number of nitrogen functional groups attached to an aromatic ring is 1. The number of nitrogens with one attached hydrogen (secondary N) is 1. The fourth-order valence-corrected chi connectivity index (χ4v) is 1.49. The van der Waals surface area contributed by atoms with Gasteiger partial charge in [-0.3, -0.25) is 0 Å². The van der Waals surface area contributed by atoms with Crippen LogP contribution in [0, 0.1) is 0 Å². The first-order valence-electron chi connectivity index (χ1n) is 5.08. The number of halogens is 3. The smallest absolute Gasteiger partial charge is 0.397 e. The zero-order valence-electron chi connectivity index (χ0n) is 9.64. The Morgan fingerprint density at radius 2 is 2.06 bits per heavy atom. The summed E-state index contributed by atoms with van der Waals surface area (Å²) in [4.78, 5) is 0. The molecule has 0 aromatic heterocycles. The van der Waals surface area contributed by atoms with E-state index < -0.39 is 11.7 Å². The van der Waals surface area contributed by atoms with Gasteiger partial charge in [-0.15, -0.1) is 0 Å². The van der Waals surface area contributed by atoms with Crippen molar-refractivity contribution in [2.24, 2.45) is 0 Å². The second-order valence-electron chi connectivity index (χ2n) is 3.73. The first kappa shape index (κ1) is 14.0. The first-order valence-corrected chi connectivity index (χ1v) is 6.36. The van der Waals surface area contributed by atoms with Crippen LogP contribution in [0.5, 0.6) is 0 Å². The lowest BCUT2D eigenvalue weighted by Gasteiger charge is -2.14. The van der Waals surface area contributed by atoms with Crippen molar-refractivity contribution in [2.75, 3.05) is 23.9 Å². The Hall–Kier alpha value is -1.04. The van der Waals surface area contributed by atoms with Gasteiger partial charge < -0.3 is 11.1 Å². The van der Waals surface area contributed by atoms with Crippen LogP contribution in [-0.2, 0) is 6.18 Å². The zero-order chi connectivity index (χ0) is 13.1. The van der Waals surface area contributed by atoms with Crippen LogP contribution in [0.2, 0.25) is 0 Å². The lowest BCUT2D eigenvalue weighted by atomic mass is 10.1. The van der Waals surface area contributed by atoms with Gasteiger partial charge in [0.2, 0.25) is 0 Å². The highest BCUT2D eigenvalue weighted by molar-refractivity contribution is 7.99. The van der Waals surface area contributed by atoms with Crippen LogP contribution in [0.25, 0.3) is 0 Å². The summed E-state index contributed by atoms with van der Waals surface area (Å²) in [7, 11) is 0. The predicted octanol–water partition coefficient (Wildman–Crippen LogP) is 3.45. The van der Waals surface area contributed by atoms with Gasteiger partial charge in [-0.05, 0) is 24.5 Å². The lowest BCUT2D eigenvalue weighted by molar-refractivity contribution is -0.137. The third-order valence-electron chi connectivity index (χ3n) is 2.36. The molecular weight excluding hydrogens is 249 g/mol. The van der Waals surface area contributed by atoms with Crippen LogP contribution < -0.4 is 11.1 Å². The molecule has 1 unspecified atom stereocenters. The minimum absolute atomic E-state index is 0.119. The van der Waals surface area contributed by atoms with E-state index in [1.165, 1.54) is 6.07 Å². The molecule has 1 aromatic carbocycles. The Morgan fingerprint density at radius 1 is 1.41 bits per heavy atom. The maximum absolute atomic E-state index is 12.4. The van der Waals surface area contributed by atoms with Crippen molar-refractivity contribution >= 4 is 23.1 Å². The van der Waals surface area contributed by atoms with Gasteiger partial charge in [-0.2, -0.15) is 24.9 Å². The average molecular weight is 264 g/mol. The standard InChI is InChI=1S/C11H15F3N2S/c1-7(17-2)6-16-10-4-3-8(5-9(10)15)11(12,13)14/h3-5,7,16H,6,15H2,1-2H3. The van der Waals surface area contributed by atoms with Crippen molar-refractivity contribution in [3.05, 3.63) is 23.8 Å². The fourth-order valence-electron chi connectivity index (χ4n) is 1.24. The summed E-state index contributed by atoms with van der Waals surface area (Å²) < 4.78 is 37.2. The topological polar surface area (TPSA) is 38.0 Å². The molecule has 0 fully saturated rings. The van der Waals surface area contributed by atoms with E-state index >= 15 is 0 Å². The molecule has 0 radical (unpaired) electrons. The molecular formula is C11H15F3N2S. The largest absolute Gasteiger partial charge is 0.416 e. The van der Waals surface area contributed by atoms with Gasteiger partial charge in [0.1, 0.15) is 0 Å². The fraction of sp³-hybridized carbons (Fsp3) is 0.455. The number of benzene rings is 1. The Morgan fingerprint density at radius 3 is 2.53 bits per heavy atom. The van der Waals surface area contributed by atoms with Crippen molar-refractivity contribution in [3.8, 4) is 0 Å². The number of hydrogen-bond donors (Lipinski definition) is 2. The molecule has 0 saturated heterocycles. The molecule has 0 aliphatic carbocycles. The van der Waals surface area contributed by atoms with Crippen molar-refractivity contribution in [1.29, 1.82) is 0 Å². The molecule has 0 aliphatic heterocycles. The lowest BCUT2D eigenvalue weighted by Crippen LogP contribution is -2.14. The van der Waals surface area contributed by atoms with Gasteiger partial charge in [0.15, 0.2) is 0 Å². The molecule has 0 spiro atoms. The highest BCUT2D eigenvalue weighted by atomic mass is 32.2. The average Bonchev–Trinajstić information content (AvgIpc) is 2.25. The summed E-state index contributed by atoms with van der Waals surface area (Å²) in [5, 5.41) is 3.40. The second kappa shape index (κ2) is 5.53. The van der Waals surface area contributed by atoms with E-state index in [4.69, 9.17) is 5.73 Å². The number of thioether (sulfide) groups is 1. The number of nitrogens with two attached hydrogens (primary N) is 1. The van der Waals surface area contributed by atoms with Crippen LogP contribution in [0.4, 0.5) is 24.5 Å². The van der Waals surface area contributed by atoms with Gasteiger partial charge in [0.05, 0.1) is 16.9 Å². The van der Waals surface area contributed by atoms with Crippen LogP contribution >= 0.6 is 11.8 Å². The highest BCUT2D eigenvalue weighted by Gasteiger charge is 2.30. The number of rotatable bonds is 4. The van der Waals surface area contributed by atoms with Crippen molar-refractivity contribution in [3.63, 3.8) is 0 Å². The Bertz CT molecular complexity index is 379. The summed E-state index contributed by atoms with van der Waals surface area (Å²) in [6.07, 6.45) is -2.37. The van der Waals surface area contributed by atoms with Crippen LogP contribution in [-0.4, -0.2) is 18.1 Å². The summed E-state index contributed by atoms with van der Waals surface area (Å²) >= 11 is 1.67. The molecule has 2 nitrogen and oxygen atoms in total. The molecule has 0 bridgehead atoms. The molecule has 1 rings (SSSR count). The van der Waals surface area contributed by atoms with E-state index in [9.17, 15) is 13.2 Å². The number of hydrogen-bond acceptors (Lipinski definition) is 3. The molecule has 17 heavy (non-hydrogen) atoms. The molecule has 0 saturated carbocycles. The molecule has 0 amide bonds. The van der Waals surface area contributed by atoms with E-state index in [1.807, 2.05) is 13.2 Å². The third-order valence-corrected chi connectivity index (χ3v) is 3.33. The maximum atomic E-state index is 12.4. The van der Waals surface area contributed by atoms with Crippen LogP contribution in [0.3, 0.4) is 0 Å². The van der Waals surface area contributed by atoms with E-state index in [1.54, 1.807) is 11.8 Å². The van der Waals surface area contributed by atoms with Gasteiger partial charge in [-0.25, -0.2) is 0 Å². The minimum Gasteiger partial charge on any atom is -0.397 e. The molecule has 0 aliphatic rings. The van der Waals surface area contributed by atoms with Gasteiger partial charge in [0.25, 0.3) is 0 Å². The molecule has 0 heterocycles. The molecule has 3 N–H and O–H groups in total. The Balaban J connectivity index is 2.77. The van der Waals surface area contributed by atoms with E-state index in [-0.39, 0.29) is 5.69 Å². The monoisotopic (exact) mass is 264 g/mol. The highest BCUT2D eigenvalue weighted by Crippen LogP contribution is 2.32. The Labute approximate surface area is 103 Å². The minimum atomic E-state index is -4.35. The summed E-state index contributed by atoms with van der Waals surface area (Å²) in [6, 6.07) is 3.35. The predicted molar refractivity (Wildman–Crippen MR) is 67.3 cm³/mol. The van der Waals surface area contributed by atoms with Crippen molar-refractivity contribution in [1.82, 2.24) is 0 Å². The normalized spacial score (nSPS) is 13.5. The van der Waals surface area contributed by atoms with Crippen molar-refractivity contribution < 1.29 is 13.2 Å². The van der Waals surface area contributed by atoms with Crippen LogP contribution in [0.1, 0.15) is 12.5 Å². The number of alkyl halides is 3. The quantitative estimate of drug-likeness (QED) is 0.818. The summed E-state index contributed by atoms with van der Waals surface area (Å²) in [6.45, 7) is 2.69. The first-order chi connectivity index (χ1) is 7.84. The van der Waals surface area contributed by atoms with Crippen molar-refractivity contribution in [2.45, 2.75) is 18.3 Å². The third kappa shape index (κ3) is 4.03. The van der Waals surface area contributed by atoms with Crippen LogP contribution in [0.15, 0.2) is 18.2 Å². The van der Waals surface area contributed by atoms with Gasteiger partial charge in [0, 0.05) is 11.8 Å². The van der Waals surface area contributed by atoms with Gasteiger partial charge in [-0.1, -0.05) is 6.92 Å². The molecule has 6 heteroatoms. The summed E-state index contributed by atoms with van der Waals surface area (Å²) in [5.74, 6) is 0. The second-order valence-corrected chi connectivity index (χ2v) is 5.00. The maximum Gasteiger partial charge on any atom is 0.416 e. The summed E-state index contributed by atoms with van der Waals surface area (Å²) in [5.41, 5.74) is 5.51. The van der Waals surface area contributed by atoms with E-state index in [0.717, 1.165) is 12.1 Å². The van der Waals surface area contributed by atoms with E-state index in [0.29, 0.717) is 17.5 Å². The number of anilines is 2. The zero-order valence-corrected chi connectivity index (χ0v) is 10.5. The van der Waals surface area contributed by atoms with Gasteiger partial charge >= 0.3 is 6.18 Å². The molecule has 1 atom stereocenters.